The van der Waals surface area contributed by atoms with Crippen molar-refractivity contribution >= 4 is 17.9 Å². The van der Waals surface area contributed by atoms with Crippen molar-refractivity contribution in [1.82, 2.24) is 0 Å². The van der Waals surface area contributed by atoms with E-state index < -0.39 is 0 Å². The van der Waals surface area contributed by atoms with Gasteiger partial charge in [0.2, 0.25) is 5.91 Å². The van der Waals surface area contributed by atoms with Crippen LogP contribution in [-0.4, -0.2) is 12.2 Å². The van der Waals surface area contributed by atoms with Gasteiger partial charge in [-0.15, -0.1) is 0 Å². The monoisotopic (exact) mass is 219 g/mol. The normalized spacial score (nSPS) is 10.2. The van der Waals surface area contributed by atoms with Crippen LogP contribution in [0.5, 0.6) is 0 Å². The van der Waals surface area contributed by atoms with E-state index in [9.17, 15) is 9.59 Å². The topological polar surface area (TPSA) is 46.2 Å². The molecule has 0 saturated carbocycles. The first-order valence-electron chi connectivity index (χ1n) is 5.47. The van der Waals surface area contributed by atoms with E-state index in [1.54, 1.807) is 24.3 Å². The fourth-order valence-corrected chi connectivity index (χ4v) is 1.33. The lowest BCUT2D eigenvalue weighted by molar-refractivity contribution is -0.116. The Balaban J connectivity index is 2.52. The first-order chi connectivity index (χ1) is 7.61. The van der Waals surface area contributed by atoms with Crippen LogP contribution >= 0.6 is 0 Å². The summed E-state index contributed by atoms with van der Waals surface area (Å²) in [6.45, 7) is 4.17. The van der Waals surface area contributed by atoms with Gasteiger partial charge in [0.1, 0.15) is 6.29 Å². The number of hydrogen-bond donors (Lipinski definition) is 1. The molecular formula is C13H17NO2. The third kappa shape index (κ3) is 4.26. The van der Waals surface area contributed by atoms with E-state index in [-0.39, 0.29) is 5.91 Å². The van der Waals surface area contributed by atoms with E-state index in [0.717, 1.165) is 12.7 Å². The van der Waals surface area contributed by atoms with Crippen LogP contribution in [0.2, 0.25) is 0 Å². The second-order valence-electron chi connectivity index (χ2n) is 4.22. The molecule has 1 N–H and O–H groups in total. The highest BCUT2D eigenvalue weighted by Crippen LogP contribution is 2.11. The van der Waals surface area contributed by atoms with Crippen LogP contribution in [-0.2, 0) is 4.79 Å². The number of rotatable bonds is 5. The van der Waals surface area contributed by atoms with Gasteiger partial charge in [0.05, 0.1) is 0 Å². The quantitative estimate of drug-likeness (QED) is 0.774. The number of nitrogens with one attached hydrogen (secondary N) is 1. The highest BCUT2D eigenvalue weighted by atomic mass is 16.1. The summed E-state index contributed by atoms with van der Waals surface area (Å²) in [7, 11) is 0. The minimum absolute atomic E-state index is 0.00301. The van der Waals surface area contributed by atoms with Crippen molar-refractivity contribution in [2.24, 2.45) is 5.92 Å². The molecular weight excluding hydrogens is 202 g/mol. The summed E-state index contributed by atoms with van der Waals surface area (Å²) in [6, 6.07) is 6.90. The van der Waals surface area contributed by atoms with Crippen molar-refractivity contribution in [2.75, 3.05) is 5.32 Å². The molecule has 0 aromatic heterocycles. The second kappa shape index (κ2) is 6.05. The Bertz CT molecular complexity index is 372. The van der Waals surface area contributed by atoms with Crippen LogP contribution in [0.4, 0.5) is 5.69 Å². The molecule has 0 aliphatic carbocycles. The zero-order valence-electron chi connectivity index (χ0n) is 9.69. The van der Waals surface area contributed by atoms with E-state index in [4.69, 9.17) is 0 Å². The maximum absolute atomic E-state index is 11.5. The molecule has 3 nitrogen and oxygen atoms in total. The summed E-state index contributed by atoms with van der Waals surface area (Å²) in [5.74, 6) is 0.517. The fourth-order valence-electron chi connectivity index (χ4n) is 1.33. The molecule has 0 heterocycles. The molecule has 0 bridgehead atoms. The average Bonchev–Trinajstić information content (AvgIpc) is 2.26. The second-order valence-corrected chi connectivity index (χ2v) is 4.22. The van der Waals surface area contributed by atoms with Crippen LogP contribution in [0.15, 0.2) is 24.3 Å². The highest BCUT2D eigenvalue weighted by Gasteiger charge is 2.04. The predicted octanol–water partition coefficient (Wildman–Crippen LogP) is 2.87. The molecule has 1 amide bonds. The van der Waals surface area contributed by atoms with Gasteiger partial charge in [-0.2, -0.15) is 0 Å². The van der Waals surface area contributed by atoms with E-state index in [1.807, 2.05) is 0 Å². The molecule has 0 atom stereocenters. The lowest BCUT2D eigenvalue weighted by atomic mass is 10.1. The molecule has 16 heavy (non-hydrogen) atoms. The molecule has 86 valence electrons. The van der Waals surface area contributed by atoms with Gasteiger partial charge < -0.3 is 5.32 Å². The van der Waals surface area contributed by atoms with Crippen molar-refractivity contribution in [1.29, 1.82) is 0 Å². The molecule has 3 heteroatoms. The maximum Gasteiger partial charge on any atom is 0.224 e. The summed E-state index contributed by atoms with van der Waals surface area (Å²) in [4.78, 5) is 22.1. The van der Waals surface area contributed by atoms with Crippen molar-refractivity contribution in [3.05, 3.63) is 29.8 Å². The summed E-state index contributed by atoms with van der Waals surface area (Å²) in [5.41, 5.74) is 1.25. The molecule has 0 unspecified atom stereocenters. The maximum atomic E-state index is 11.5. The number of amides is 1. The first-order valence-corrected chi connectivity index (χ1v) is 5.47. The number of anilines is 1. The van der Waals surface area contributed by atoms with Gasteiger partial charge in [-0.05, 0) is 24.5 Å². The van der Waals surface area contributed by atoms with Crippen LogP contribution in [0.1, 0.15) is 37.0 Å². The van der Waals surface area contributed by atoms with Gasteiger partial charge >= 0.3 is 0 Å². The van der Waals surface area contributed by atoms with Crippen molar-refractivity contribution in [3.63, 3.8) is 0 Å². The van der Waals surface area contributed by atoms with E-state index in [1.165, 1.54) is 0 Å². The van der Waals surface area contributed by atoms with Crippen molar-refractivity contribution < 1.29 is 9.59 Å². The van der Waals surface area contributed by atoms with E-state index >= 15 is 0 Å². The zero-order valence-corrected chi connectivity index (χ0v) is 9.69. The van der Waals surface area contributed by atoms with Gasteiger partial charge in [0.25, 0.3) is 0 Å². The number of carbonyl (C=O) groups is 2. The molecule has 1 aromatic rings. The minimum Gasteiger partial charge on any atom is -0.326 e. The lowest BCUT2D eigenvalue weighted by Gasteiger charge is -2.06. The Morgan fingerprint density at radius 3 is 2.81 bits per heavy atom. The molecule has 0 spiro atoms. The van der Waals surface area contributed by atoms with Gasteiger partial charge in [0.15, 0.2) is 0 Å². The Labute approximate surface area is 95.9 Å². The fraction of sp³-hybridized carbons (Fsp3) is 0.385. The smallest absolute Gasteiger partial charge is 0.224 e. The number of benzene rings is 1. The van der Waals surface area contributed by atoms with Gasteiger partial charge in [-0.3, -0.25) is 9.59 Å². The summed E-state index contributed by atoms with van der Waals surface area (Å²) >= 11 is 0. The lowest BCUT2D eigenvalue weighted by Crippen LogP contribution is -2.12. The largest absolute Gasteiger partial charge is 0.326 e. The molecule has 1 rings (SSSR count). The van der Waals surface area contributed by atoms with Crippen LogP contribution in [0, 0.1) is 5.92 Å². The molecule has 0 fully saturated rings. The molecule has 1 aromatic carbocycles. The molecule has 0 saturated heterocycles. The van der Waals surface area contributed by atoms with Gasteiger partial charge in [0, 0.05) is 17.7 Å². The van der Waals surface area contributed by atoms with Crippen LogP contribution < -0.4 is 5.32 Å². The number of carbonyl (C=O) groups excluding carboxylic acids is 2. The average molecular weight is 219 g/mol. The van der Waals surface area contributed by atoms with Gasteiger partial charge in [-0.25, -0.2) is 0 Å². The van der Waals surface area contributed by atoms with Crippen LogP contribution in [0.3, 0.4) is 0 Å². The molecule has 0 aliphatic heterocycles. The molecule has 0 aliphatic rings. The number of aldehydes is 1. The minimum atomic E-state index is -0.00301. The predicted molar refractivity (Wildman–Crippen MR) is 64.5 cm³/mol. The Kier molecular flexibility index (Phi) is 4.70. The summed E-state index contributed by atoms with van der Waals surface area (Å²) in [5, 5.41) is 2.77. The standard InChI is InChI=1S/C13H17NO2/c1-10(2)6-7-13(16)14-12-5-3-4-11(8-12)9-15/h3-5,8-10H,6-7H2,1-2H3,(H,14,16). The summed E-state index contributed by atoms with van der Waals surface area (Å²) < 4.78 is 0. The SMILES string of the molecule is CC(C)CCC(=O)Nc1cccc(C=O)c1. The third-order valence-corrected chi connectivity index (χ3v) is 2.26. The summed E-state index contributed by atoms with van der Waals surface area (Å²) in [6.07, 6.45) is 2.16. The Morgan fingerprint density at radius 2 is 2.19 bits per heavy atom. The van der Waals surface area contributed by atoms with Crippen LogP contribution in [0.25, 0.3) is 0 Å². The first kappa shape index (κ1) is 12.4. The third-order valence-electron chi connectivity index (χ3n) is 2.26. The molecule has 0 radical (unpaired) electrons. The zero-order chi connectivity index (χ0) is 12.0. The van der Waals surface area contributed by atoms with Gasteiger partial charge in [-0.1, -0.05) is 26.0 Å². The van der Waals surface area contributed by atoms with Crippen molar-refractivity contribution in [2.45, 2.75) is 26.7 Å². The van der Waals surface area contributed by atoms with Crippen molar-refractivity contribution in [3.8, 4) is 0 Å². The Morgan fingerprint density at radius 1 is 1.44 bits per heavy atom. The highest BCUT2D eigenvalue weighted by molar-refractivity contribution is 5.91. The Hall–Kier alpha value is -1.64. The number of hydrogen-bond acceptors (Lipinski definition) is 2. The van der Waals surface area contributed by atoms with E-state index in [0.29, 0.717) is 23.6 Å². The van der Waals surface area contributed by atoms with E-state index in [2.05, 4.69) is 19.2 Å².